The molecular formula is C24H20O6. The molecule has 1 aliphatic rings. The summed E-state index contributed by atoms with van der Waals surface area (Å²) in [6.07, 6.45) is 0.673. The number of furan rings is 1. The fourth-order valence-electron chi connectivity index (χ4n) is 3.77. The first-order chi connectivity index (χ1) is 14.5. The standard InChI is InChI=1S/C24H20O6/c1-13-22(25)14(2)24(26)30-23(13)21-12-15-11-16(7-8-18(15)29-21)28-20-9-10-27-19-6-4-3-5-17(19)20/h3-8,11-12,20,25H,9-10H2,1-2H3. The third-order valence-corrected chi connectivity index (χ3v) is 5.45. The molecule has 6 heteroatoms. The van der Waals surface area contributed by atoms with Gasteiger partial charge in [-0.25, -0.2) is 4.79 Å². The van der Waals surface area contributed by atoms with E-state index < -0.39 is 5.63 Å². The molecule has 1 N–H and O–H groups in total. The maximum absolute atomic E-state index is 12.0. The molecule has 4 aromatic rings. The Morgan fingerprint density at radius 2 is 1.87 bits per heavy atom. The number of ether oxygens (including phenoxy) is 2. The predicted molar refractivity (Wildman–Crippen MR) is 111 cm³/mol. The van der Waals surface area contributed by atoms with E-state index in [2.05, 4.69) is 0 Å². The van der Waals surface area contributed by atoms with Crippen molar-refractivity contribution >= 4 is 11.0 Å². The molecule has 2 aromatic carbocycles. The molecule has 0 radical (unpaired) electrons. The molecular weight excluding hydrogens is 384 g/mol. The number of fused-ring (bicyclic) bond motifs is 2. The Morgan fingerprint density at radius 3 is 2.73 bits per heavy atom. The number of rotatable bonds is 3. The molecule has 0 fully saturated rings. The van der Waals surface area contributed by atoms with Gasteiger partial charge >= 0.3 is 5.63 Å². The van der Waals surface area contributed by atoms with Gasteiger partial charge < -0.3 is 23.4 Å². The Bertz CT molecular complexity index is 1310. The second-order valence-corrected chi connectivity index (χ2v) is 7.41. The highest BCUT2D eigenvalue weighted by Crippen LogP contribution is 2.38. The average Bonchev–Trinajstić information content (AvgIpc) is 3.18. The molecule has 1 unspecified atom stereocenters. The zero-order valence-corrected chi connectivity index (χ0v) is 16.6. The Hall–Kier alpha value is -3.67. The van der Waals surface area contributed by atoms with Crippen LogP contribution < -0.4 is 15.1 Å². The van der Waals surface area contributed by atoms with E-state index >= 15 is 0 Å². The van der Waals surface area contributed by atoms with E-state index in [0.29, 0.717) is 29.3 Å². The Morgan fingerprint density at radius 1 is 1.03 bits per heavy atom. The van der Waals surface area contributed by atoms with E-state index in [1.807, 2.05) is 42.5 Å². The van der Waals surface area contributed by atoms with Gasteiger partial charge in [0.25, 0.3) is 0 Å². The van der Waals surface area contributed by atoms with Crippen LogP contribution in [0.4, 0.5) is 0 Å². The summed E-state index contributed by atoms with van der Waals surface area (Å²) in [6.45, 7) is 3.81. The molecule has 1 atom stereocenters. The summed E-state index contributed by atoms with van der Waals surface area (Å²) in [6, 6.07) is 15.2. The number of hydrogen-bond donors (Lipinski definition) is 1. The molecule has 2 aromatic heterocycles. The smallest absolute Gasteiger partial charge is 0.343 e. The lowest BCUT2D eigenvalue weighted by molar-refractivity contribution is 0.136. The fourth-order valence-corrected chi connectivity index (χ4v) is 3.77. The van der Waals surface area contributed by atoms with E-state index in [9.17, 15) is 9.90 Å². The summed E-state index contributed by atoms with van der Waals surface area (Å²) < 4.78 is 23.2. The molecule has 5 rings (SSSR count). The predicted octanol–water partition coefficient (Wildman–Crippen LogP) is 5.28. The van der Waals surface area contributed by atoms with Crippen molar-refractivity contribution in [1.29, 1.82) is 0 Å². The Kier molecular flexibility index (Phi) is 4.28. The fraction of sp³-hybridized carbons (Fsp3) is 0.208. The SMILES string of the molecule is Cc1c(-c2cc3cc(OC4CCOc5ccccc54)ccc3o2)oc(=O)c(C)c1O. The largest absolute Gasteiger partial charge is 0.507 e. The van der Waals surface area contributed by atoms with Crippen LogP contribution in [-0.4, -0.2) is 11.7 Å². The molecule has 3 heterocycles. The highest BCUT2D eigenvalue weighted by atomic mass is 16.5. The highest BCUT2D eigenvalue weighted by molar-refractivity contribution is 5.84. The van der Waals surface area contributed by atoms with Crippen LogP contribution in [0.15, 0.2) is 62.2 Å². The van der Waals surface area contributed by atoms with Crippen LogP contribution in [-0.2, 0) is 0 Å². The van der Waals surface area contributed by atoms with Crippen LogP contribution in [0, 0.1) is 13.8 Å². The summed E-state index contributed by atoms with van der Waals surface area (Å²) in [7, 11) is 0. The van der Waals surface area contributed by atoms with Crippen molar-refractivity contribution in [2.75, 3.05) is 6.61 Å². The van der Waals surface area contributed by atoms with E-state index in [-0.39, 0.29) is 23.2 Å². The van der Waals surface area contributed by atoms with Gasteiger partial charge in [-0.1, -0.05) is 18.2 Å². The van der Waals surface area contributed by atoms with Gasteiger partial charge in [0.2, 0.25) is 0 Å². The molecule has 0 saturated heterocycles. The van der Waals surface area contributed by atoms with E-state index in [1.165, 1.54) is 6.92 Å². The van der Waals surface area contributed by atoms with Gasteiger partial charge in [0.1, 0.15) is 28.9 Å². The third kappa shape index (κ3) is 3.01. The molecule has 1 aliphatic heterocycles. The molecule has 0 saturated carbocycles. The highest BCUT2D eigenvalue weighted by Gasteiger charge is 2.23. The molecule has 0 aliphatic carbocycles. The minimum atomic E-state index is -0.587. The summed E-state index contributed by atoms with van der Waals surface area (Å²) in [5.74, 6) is 2.08. The summed E-state index contributed by atoms with van der Waals surface area (Å²) in [5, 5.41) is 11.0. The molecule has 0 bridgehead atoms. The first-order valence-corrected chi connectivity index (χ1v) is 9.77. The lowest BCUT2D eigenvalue weighted by Crippen LogP contribution is -2.18. The maximum atomic E-state index is 12.0. The van der Waals surface area contributed by atoms with Gasteiger partial charge in [-0.15, -0.1) is 0 Å². The first-order valence-electron chi connectivity index (χ1n) is 9.77. The number of para-hydroxylation sites is 1. The van der Waals surface area contributed by atoms with E-state index in [4.69, 9.17) is 18.3 Å². The zero-order valence-electron chi connectivity index (χ0n) is 16.6. The summed E-state index contributed by atoms with van der Waals surface area (Å²) in [4.78, 5) is 12.0. The van der Waals surface area contributed by atoms with Crippen molar-refractivity contribution in [1.82, 2.24) is 0 Å². The van der Waals surface area contributed by atoms with Gasteiger partial charge in [-0.05, 0) is 44.2 Å². The lowest BCUT2D eigenvalue weighted by atomic mass is 10.0. The normalized spacial score (nSPS) is 15.6. The van der Waals surface area contributed by atoms with Crippen LogP contribution in [0.5, 0.6) is 17.2 Å². The summed E-state index contributed by atoms with van der Waals surface area (Å²) >= 11 is 0. The van der Waals surface area contributed by atoms with Crippen molar-refractivity contribution in [2.24, 2.45) is 0 Å². The second kappa shape index (κ2) is 6.99. The molecule has 6 nitrogen and oxygen atoms in total. The second-order valence-electron chi connectivity index (χ2n) is 7.41. The molecule has 0 spiro atoms. The maximum Gasteiger partial charge on any atom is 0.343 e. The van der Waals surface area contributed by atoms with Crippen molar-refractivity contribution in [3.8, 4) is 28.8 Å². The minimum absolute atomic E-state index is 0.0797. The zero-order chi connectivity index (χ0) is 20.8. The number of benzene rings is 2. The Labute approximate surface area is 172 Å². The van der Waals surface area contributed by atoms with Gasteiger partial charge in [-0.2, -0.15) is 0 Å². The van der Waals surface area contributed by atoms with E-state index in [0.717, 1.165) is 23.1 Å². The van der Waals surface area contributed by atoms with Gasteiger partial charge in [-0.3, -0.25) is 0 Å². The monoisotopic (exact) mass is 404 g/mol. The summed E-state index contributed by atoms with van der Waals surface area (Å²) in [5.41, 5.74) is 1.72. The van der Waals surface area contributed by atoms with Crippen molar-refractivity contribution in [2.45, 2.75) is 26.4 Å². The molecule has 0 amide bonds. The third-order valence-electron chi connectivity index (χ3n) is 5.45. The van der Waals surface area contributed by atoms with Crippen LogP contribution in [0.25, 0.3) is 22.5 Å². The number of aromatic hydroxyl groups is 1. The average molecular weight is 404 g/mol. The van der Waals surface area contributed by atoms with Crippen LogP contribution >= 0.6 is 0 Å². The van der Waals surface area contributed by atoms with Gasteiger partial charge in [0.05, 0.1) is 12.2 Å². The Balaban J connectivity index is 1.50. The van der Waals surface area contributed by atoms with Crippen molar-refractivity contribution in [3.05, 3.63) is 75.6 Å². The van der Waals surface area contributed by atoms with Crippen LogP contribution in [0.3, 0.4) is 0 Å². The van der Waals surface area contributed by atoms with Crippen LogP contribution in [0.1, 0.15) is 29.2 Å². The minimum Gasteiger partial charge on any atom is -0.507 e. The quantitative estimate of drug-likeness (QED) is 0.500. The van der Waals surface area contributed by atoms with Crippen molar-refractivity contribution in [3.63, 3.8) is 0 Å². The first kappa shape index (κ1) is 18.4. The molecule has 152 valence electrons. The van der Waals surface area contributed by atoms with Crippen molar-refractivity contribution < 1.29 is 23.4 Å². The lowest BCUT2D eigenvalue weighted by Gasteiger charge is -2.26. The van der Waals surface area contributed by atoms with Gasteiger partial charge in [0.15, 0.2) is 11.5 Å². The molecule has 30 heavy (non-hydrogen) atoms. The van der Waals surface area contributed by atoms with Gasteiger partial charge in [0, 0.05) is 22.9 Å². The number of hydrogen-bond acceptors (Lipinski definition) is 6. The topological polar surface area (TPSA) is 82.0 Å². The van der Waals surface area contributed by atoms with E-state index in [1.54, 1.807) is 13.0 Å². The van der Waals surface area contributed by atoms with Crippen LogP contribution in [0.2, 0.25) is 0 Å².